The highest BCUT2D eigenvalue weighted by Crippen LogP contribution is 2.29. The summed E-state index contributed by atoms with van der Waals surface area (Å²) >= 11 is 0. The van der Waals surface area contributed by atoms with Crippen LogP contribution in [0.3, 0.4) is 0 Å². The van der Waals surface area contributed by atoms with E-state index >= 15 is 0 Å². The summed E-state index contributed by atoms with van der Waals surface area (Å²) < 4.78 is 31.8. The number of ketones is 1. The normalized spacial score (nSPS) is 13.2. The average molecular weight is 494 g/mol. The van der Waals surface area contributed by atoms with E-state index in [2.05, 4.69) is 15.4 Å². The molecule has 0 bridgehead atoms. The van der Waals surface area contributed by atoms with Crippen LogP contribution in [-0.2, 0) is 22.4 Å². The lowest BCUT2D eigenvalue weighted by atomic mass is 9.96. The minimum Gasteiger partial charge on any atom is -0.468 e. The fourth-order valence-electron chi connectivity index (χ4n) is 4.12. The van der Waals surface area contributed by atoms with Gasteiger partial charge in [0, 0.05) is 35.0 Å². The van der Waals surface area contributed by atoms with Crippen LogP contribution >= 0.6 is 0 Å². The van der Waals surface area contributed by atoms with Gasteiger partial charge in [0.1, 0.15) is 17.7 Å². The summed E-state index contributed by atoms with van der Waals surface area (Å²) in [5.74, 6) is -2.53. The van der Waals surface area contributed by atoms with E-state index in [9.17, 15) is 23.2 Å². The number of amides is 1. The third-order valence-electron chi connectivity index (χ3n) is 6.09. The maximum absolute atomic E-state index is 14.0. The van der Waals surface area contributed by atoms with Gasteiger partial charge in [0.25, 0.3) is 5.91 Å². The molecular weight excluding hydrogens is 468 g/mol. The minimum absolute atomic E-state index is 0.128. The van der Waals surface area contributed by atoms with Crippen molar-refractivity contribution in [2.45, 2.75) is 25.3 Å². The number of hydrogen-bond acceptors (Lipinski definition) is 6. The number of esters is 1. The van der Waals surface area contributed by atoms with Gasteiger partial charge in [0.05, 0.1) is 12.8 Å². The highest BCUT2D eigenvalue weighted by molar-refractivity contribution is 6.12. The van der Waals surface area contributed by atoms with Gasteiger partial charge in [-0.15, -0.1) is 0 Å². The Kier molecular flexibility index (Phi) is 7.40. The van der Waals surface area contributed by atoms with E-state index in [1.165, 1.54) is 13.2 Å². The lowest BCUT2D eigenvalue weighted by Gasteiger charge is -2.12. The molecule has 0 fully saturated rings. The number of hydrogen-bond donors (Lipinski definition) is 3. The third kappa shape index (κ3) is 5.41. The van der Waals surface area contributed by atoms with E-state index in [-0.39, 0.29) is 30.3 Å². The van der Waals surface area contributed by atoms with Gasteiger partial charge in [0.2, 0.25) is 0 Å². The summed E-state index contributed by atoms with van der Waals surface area (Å²) in [5.41, 5.74) is 9.25. The van der Waals surface area contributed by atoms with Gasteiger partial charge in [0.15, 0.2) is 5.78 Å². The molecule has 1 aliphatic rings. The number of methoxy groups -OCH3 is 1. The first-order valence-corrected chi connectivity index (χ1v) is 11.4. The highest BCUT2D eigenvalue weighted by atomic mass is 19.1. The number of carbonyl (C=O) groups is 3. The van der Waals surface area contributed by atoms with E-state index in [1.807, 2.05) is 0 Å². The van der Waals surface area contributed by atoms with Crippen molar-refractivity contribution in [3.63, 3.8) is 0 Å². The molecule has 1 amide bonds. The van der Waals surface area contributed by atoms with Crippen molar-refractivity contribution in [2.75, 3.05) is 19.0 Å². The largest absolute Gasteiger partial charge is 0.468 e. The number of benzene rings is 3. The van der Waals surface area contributed by atoms with Crippen molar-refractivity contribution in [1.82, 2.24) is 5.32 Å². The van der Waals surface area contributed by atoms with Crippen LogP contribution in [0.4, 0.5) is 20.2 Å². The first kappa shape index (κ1) is 25.0. The first-order chi connectivity index (χ1) is 17.3. The van der Waals surface area contributed by atoms with E-state index in [0.717, 1.165) is 23.3 Å². The van der Waals surface area contributed by atoms with Crippen molar-refractivity contribution >= 4 is 29.0 Å². The van der Waals surface area contributed by atoms with Crippen LogP contribution in [-0.4, -0.2) is 37.4 Å². The van der Waals surface area contributed by atoms with Crippen LogP contribution in [0, 0.1) is 11.6 Å². The van der Waals surface area contributed by atoms with E-state index in [4.69, 9.17) is 5.73 Å². The van der Waals surface area contributed by atoms with Gasteiger partial charge in [-0.25, -0.2) is 8.78 Å². The molecule has 0 unspecified atom stereocenters. The van der Waals surface area contributed by atoms with Crippen LogP contribution in [0.25, 0.3) is 0 Å². The maximum atomic E-state index is 14.0. The Morgan fingerprint density at radius 1 is 1.00 bits per heavy atom. The van der Waals surface area contributed by atoms with Crippen molar-refractivity contribution in [2.24, 2.45) is 5.73 Å². The van der Waals surface area contributed by atoms with Gasteiger partial charge in [-0.05, 0) is 72.9 Å². The second-order valence-electron chi connectivity index (χ2n) is 8.50. The molecule has 4 rings (SSSR count). The summed E-state index contributed by atoms with van der Waals surface area (Å²) in [5, 5.41) is 5.63. The lowest BCUT2D eigenvalue weighted by Crippen LogP contribution is -2.36. The van der Waals surface area contributed by atoms with E-state index in [0.29, 0.717) is 35.2 Å². The number of nitrogens with one attached hydrogen (secondary N) is 2. The molecule has 0 aromatic heterocycles. The summed E-state index contributed by atoms with van der Waals surface area (Å²) in [7, 11) is 1.24. The number of fused-ring (bicyclic) bond motifs is 2. The Labute approximate surface area is 206 Å². The molecule has 7 nitrogen and oxygen atoms in total. The third-order valence-corrected chi connectivity index (χ3v) is 6.09. The number of nitrogens with two attached hydrogens (primary N) is 1. The Balaban J connectivity index is 1.50. The molecule has 0 saturated carbocycles. The van der Waals surface area contributed by atoms with Crippen molar-refractivity contribution in [1.29, 1.82) is 0 Å². The smallest absolute Gasteiger partial charge is 0.322 e. The Morgan fingerprint density at radius 3 is 2.53 bits per heavy atom. The summed E-state index contributed by atoms with van der Waals surface area (Å²) in [6, 6.07) is 12.5. The summed E-state index contributed by atoms with van der Waals surface area (Å²) in [6.07, 6.45) is 1.37. The monoisotopic (exact) mass is 493 g/mol. The van der Waals surface area contributed by atoms with E-state index in [1.54, 1.807) is 36.4 Å². The molecule has 0 spiro atoms. The van der Waals surface area contributed by atoms with Gasteiger partial charge >= 0.3 is 5.97 Å². The predicted molar refractivity (Wildman–Crippen MR) is 130 cm³/mol. The van der Waals surface area contributed by atoms with Gasteiger partial charge < -0.3 is 21.1 Å². The molecule has 3 aromatic carbocycles. The molecule has 1 aliphatic carbocycles. The number of anilines is 2. The first-order valence-electron chi connectivity index (χ1n) is 11.4. The lowest BCUT2D eigenvalue weighted by molar-refractivity contribution is -0.142. The zero-order valence-corrected chi connectivity index (χ0v) is 19.6. The predicted octanol–water partition coefficient (Wildman–Crippen LogP) is 3.66. The average Bonchev–Trinajstić information content (AvgIpc) is 3.01. The fraction of sp³-hybridized carbons (Fsp3) is 0.222. The molecule has 4 N–H and O–H groups in total. The molecule has 3 aromatic rings. The number of carbonyl (C=O) groups excluding carboxylic acids is 3. The van der Waals surface area contributed by atoms with Crippen LogP contribution in [0.1, 0.15) is 43.8 Å². The minimum atomic E-state index is -0.834. The number of aryl methyl sites for hydroxylation is 2. The topological polar surface area (TPSA) is 111 Å². The Bertz CT molecular complexity index is 1340. The molecule has 0 aliphatic heterocycles. The van der Waals surface area contributed by atoms with Crippen LogP contribution in [0.5, 0.6) is 0 Å². The number of rotatable bonds is 7. The summed E-state index contributed by atoms with van der Waals surface area (Å²) in [4.78, 5) is 37.4. The fourth-order valence-corrected chi connectivity index (χ4v) is 4.12. The molecule has 9 heteroatoms. The van der Waals surface area contributed by atoms with Gasteiger partial charge in [-0.3, -0.25) is 14.4 Å². The zero-order chi connectivity index (χ0) is 25.8. The van der Waals surface area contributed by atoms with Crippen LogP contribution < -0.4 is 16.4 Å². The van der Waals surface area contributed by atoms with Crippen LogP contribution in [0.15, 0.2) is 54.6 Å². The van der Waals surface area contributed by atoms with Gasteiger partial charge in [-0.1, -0.05) is 6.07 Å². The van der Waals surface area contributed by atoms with Gasteiger partial charge in [-0.2, -0.15) is 0 Å². The molecule has 0 radical (unpaired) electrons. The molecule has 1 atom stereocenters. The Morgan fingerprint density at radius 2 is 1.78 bits per heavy atom. The zero-order valence-electron chi connectivity index (χ0n) is 19.6. The van der Waals surface area contributed by atoms with Crippen LogP contribution in [0.2, 0.25) is 0 Å². The Hall–Kier alpha value is -4.11. The second-order valence-corrected chi connectivity index (χ2v) is 8.50. The number of ether oxygens (including phenoxy) is 1. The SMILES string of the molecule is COC(=O)[C@@H](N)CCNC(=O)c1ccc2c(c1)C(=O)c1ccc(Nc3ccc(F)cc3F)cc1CC2. The molecule has 36 heavy (non-hydrogen) atoms. The van der Waals surface area contributed by atoms with Crippen molar-refractivity contribution in [3.05, 3.63) is 94.0 Å². The molecule has 0 saturated heterocycles. The highest BCUT2D eigenvalue weighted by Gasteiger charge is 2.23. The van der Waals surface area contributed by atoms with E-state index < -0.39 is 23.6 Å². The molecule has 186 valence electrons. The second kappa shape index (κ2) is 10.7. The maximum Gasteiger partial charge on any atom is 0.322 e. The standard InChI is InChI=1S/C27H25F2N3O4/c1-36-27(35)23(30)10-11-31-26(34)17-5-3-15-2-4-16-12-19(7-8-20(16)25(33)21(15)13-17)32-24-9-6-18(28)14-22(24)29/h3,5-9,12-14,23,32H,2,4,10-11,30H2,1H3,(H,31,34)/t23-/m0/s1. The number of halogens is 2. The van der Waals surface area contributed by atoms with Crippen molar-refractivity contribution in [3.8, 4) is 0 Å². The quantitative estimate of drug-likeness (QED) is 0.434. The van der Waals surface area contributed by atoms with Crippen molar-refractivity contribution < 1.29 is 27.9 Å². The molecular formula is C27H25F2N3O4. The molecule has 0 heterocycles. The summed E-state index contributed by atoms with van der Waals surface area (Å²) in [6.45, 7) is 0.174.